The molecule has 5 nitrogen and oxygen atoms in total. The molecule has 0 saturated heterocycles. The molecule has 0 amide bonds. The second-order valence-electron chi connectivity index (χ2n) is 4.40. The normalized spacial score (nSPS) is 9.85. The van der Waals surface area contributed by atoms with Crippen molar-refractivity contribution in [1.29, 1.82) is 5.26 Å². The van der Waals surface area contributed by atoms with Crippen LogP contribution in [0.5, 0.6) is 0 Å². The first-order valence-corrected chi connectivity index (χ1v) is 6.00. The molecule has 100 valence electrons. The summed E-state index contributed by atoms with van der Waals surface area (Å²) in [5.41, 5.74) is 2.93. The van der Waals surface area contributed by atoms with Gasteiger partial charge >= 0.3 is 5.97 Å². The van der Waals surface area contributed by atoms with Crippen LogP contribution in [0, 0.1) is 25.2 Å². The van der Waals surface area contributed by atoms with Crippen LogP contribution < -0.4 is 5.32 Å². The molecule has 0 aliphatic rings. The smallest absolute Gasteiger partial charge is 0.337 e. The zero-order valence-electron chi connectivity index (χ0n) is 11.1. The fraction of sp³-hybridized carbons (Fsp3) is 0.133. The number of aryl methyl sites for hydroxylation is 2. The van der Waals surface area contributed by atoms with E-state index in [-0.39, 0.29) is 5.56 Å². The maximum absolute atomic E-state index is 10.9. The van der Waals surface area contributed by atoms with Crippen LogP contribution in [0.4, 0.5) is 11.5 Å². The molecule has 0 fully saturated rings. The summed E-state index contributed by atoms with van der Waals surface area (Å²) in [5, 5.41) is 21.0. The molecule has 0 atom stereocenters. The topological polar surface area (TPSA) is 86.0 Å². The summed E-state index contributed by atoms with van der Waals surface area (Å²) in [6.45, 7) is 3.56. The van der Waals surface area contributed by atoms with Gasteiger partial charge in [-0.2, -0.15) is 5.26 Å². The zero-order valence-corrected chi connectivity index (χ0v) is 11.1. The molecular weight excluding hydrogens is 254 g/mol. The minimum atomic E-state index is -0.996. The number of nitrogens with one attached hydrogen (secondary N) is 1. The van der Waals surface area contributed by atoms with E-state index >= 15 is 0 Å². The number of nitrogens with zero attached hydrogens (tertiary/aromatic N) is 2. The number of pyridine rings is 1. The molecule has 0 spiro atoms. The summed E-state index contributed by atoms with van der Waals surface area (Å²) in [5.74, 6) is -0.449. The van der Waals surface area contributed by atoms with Crippen LogP contribution in [0.3, 0.4) is 0 Å². The van der Waals surface area contributed by atoms with Crippen molar-refractivity contribution in [3.63, 3.8) is 0 Å². The molecular formula is C15H13N3O2. The van der Waals surface area contributed by atoms with E-state index in [1.807, 2.05) is 13.0 Å². The molecule has 1 aromatic carbocycles. The van der Waals surface area contributed by atoms with Gasteiger partial charge in [0.1, 0.15) is 5.82 Å². The summed E-state index contributed by atoms with van der Waals surface area (Å²) in [4.78, 5) is 15.1. The summed E-state index contributed by atoms with van der Waals surface area (Å²) in [6, 6.07) is 10.5. The lowest BCUT2D eigenvalue weighted by molar-refractivity contribution is 0.0695. The average Bonchev–Trinajstić information content (AvgIpc) is 2.41. The molecule has 2 N–H and O–H groups in total. The van der Waals surface area contributed by atoms with Gasteiger partial charge in [-0.25, -0.2) is 9.78 Å². The second kappa shape index (κ2) is 5.41. The molecule has 5 heteroatoms. The van der Waals surface area contributed by atoms with E-state index in [4.69, 9.17) is 10.4 Å². The number of carboxylic acids is 1. The third-order valence-electron chi connectivity index (χ3n) is 2.95. The van der Waals surface area contributed by atoms with E-state index in [9.17, 15) is 4.79 Å². The molecule has 2 rings (SSSR count). The molecule has 0 aliphatic heterocycles. The van der Waals surface area contributed by atoms with Crippen molar-refractivity contribution in [2.45, 2.75) is 13.8 Å². The van der Waals surface area contributed by atoms with Crippen molar-refractivity contribution in [1.82, 2.24) is 4.98 Å². The van der Waals surface area contributed by atoms with Crippen molar-refractivity contribution < 1.29 is 9.90 Å². The molecule has 0 bridgehead atoms. The van der Waals surface area contributed by atoms with Crippen LogP contribution in [0.25, 0.3) is 0 Å². The highest BCUT2D eigenvalue weighted by Gasteiger charge is 2.09. The standard InChI is InChI=1S/C15H13N3O2/c1-9-3-4-11(8-16)7-13(9)18-14-6-5-12(15(19)20)10(2)17-14/h3-7H,1-2H3,(H,17,18)(H,19,20). The Balaban J connectivity index is 2.33. The highest BCUT2D eigenvalue weighted by molar-refractivity contribution is 5.89. The van der Waals surface area contributed by atoms with Crippen molar-refractivity contribution in [3.8, 4) is 6.07 Å². The molecule has 0 unspecified atom stereocenters. The van der Waals surface area contributed by atoms with Gasteiger partial charge in [0, 0.05) is 5.69 Å². The van der Waals surface area contributed by atoms with Gasteiger partial charge in [-0.05, 0) is 43.7 Å². The molecule has 0 radical (unpaired) electrons. The number of aromatic nitrogens is 1. The minimum absolute atomic E-state index is 0.179. The van der Waals surface area contributed by atoms with Crippen molar-refractivity contribution >= 4 is 17.5 Å². The van der Waals surface area contributed by atoms with Crippen molar-refractivity contribution in [2.24, 2.45) is 0 Å². The Labute approximate surface area is 116 Å². The number of rotatable bonds is 3. The van der Waals surface area contributed by atoms with Gasteiger partial charge in [-0.3, -0.25) is 0 Å². The number of carboxylic acid groups (broad SMARTS) is 1. The van der Waals surface area contributed by atoms with Gasteiger partial charge in [-0.15, -0.1) is 0 Å². The number of benzene rings is 1. The van der Waals surface area contributed by atoms with Crippen LogP contribution in [-0.4, -0.2) is 16.1 Å². The number of anilines is 2. The molecule has 0 aliphatic carbocycles. The molecule has 2 aromatic rings. The Bertz CT molecular complexity index is 718. The van der Waals surface area contributed by atoms with Crippen LogP contribution in [0.1, 0.15) is 27.2 Å². The van der Waals surface area contributed by atoms with E-state index < -0.39 is 5.97 Å². The summed E-state index contributed by atoms with van der Waals surface area (Å²) in [6.07, 6.45) is 0. The van der Waals surface area contributed by atoms with E-state index in [1.165, 1.54) is 6.07 Å². The summed E-state index contributed by atoms with van der Waals surface area (Å²) >= 11 is 0. The Hall–Kier alpha value is -2.87. The zero-order chi connectivity index (χ0) is 14.7. The predicted octanol–water partition coefficient (Wildman–Crippen LogP) is 3.01. The van der Waals surface area contributed by atoms with Crippen LogP contribution in [-0.2, 0) is 0 Å². The lowest BCUT2D eigenvalue weighted by Gasteiger charge is -2.10. The lowest BCUT2D eigenvalue weighted by atomic mass is 10.1. The maximum Gasteiger partial charge on any atom is 0.337 e. The van der Waals surface area contributed by atoms with E-state index in [0.717, 1.165) is 11.3 Å². The highest BCUT2D eigenvalue weighted by Crippen LogP contribution is 2.21. The monoisotopic (exact) mass is 267 g/mol. The Morgan fingerprint density at radius 3 is 2.65 bits per heavy atom. The summed E-state index contributed by atoms with van der Waals surface area (Å²) in [7, 11) is 0. The fourth-order valence-electron chi connectivity index (χ4n) is 1.82. The first-order chi connectivity index (χ1) is 9.51. The fourth-order valence-corrected chi connectivity index (χ4v) is 1.82. The third kappa shape index (κ3) is 2.75. The highest BCUT2D eigenvalue weighted by atomic mass is 16.4. The van der Waals surface area contributed by atoms with E-state index in [0.29, 0.717) is 17.1 Å². The Morgan fingerprint density at radius 2 is 2.05 bits per heavy atom. The summed E-state index contributed by atoms with van der Waals surface area (Å²) < 4.78 is 0. The van der Waals surface area contributed by atoms with Gasteiger partial charge in [0.25, 0.3) is 0 Å². The first kappa shape index (κ1) is 13.6. The van der Waals surface area contributed by atoms with Gasteiger partial charge in [-0.1, -0.05) is 6.07 Å². The van der Waals surface area contributed by atoms with Crippen molar-refractivity contribution in [2.75, 3.05) is 5.32 Å². The minimum Gasteiger partial charge on any atom is -0.478 e. The molecule has 1 aromatic heterocycles. The predicted molar refractivity (Wildman–Crippen MR) is 75.1 cm³/mol. The van der Waals surface area contributed by atoms with E-state index in [2.05, 4.69) is 16.4 Å². The maximum atomic E-state index is 10.9. The third-order valence-corrected chi connectivity index (χ3v) is 2.95. The number of carbonyl (C=O) groups is 1. The Kier molecular flexibility index (Phi) is 3.67. The number of hydrogen-bond donors (Lipinski definition) is 2. The van der Waals surface area contributed by atoms with E-state index in [1.54, 1.807) is 25.1 Å². The van der Waals surface area contributed by atoms with Crippen LogP contribution in [0.2, 0.25) is 0 Å². The molecule has 1 heterocycles. The number of aromatic carboxylic acids is 1. The van der Waals surface area contributed by atoms with Crippen molar-refractivity contribution in [3.05, 3.63) is 52.7 Å². The van der Waals surface area contributed by atoms with Gasteiger partial charge < -0.3 is 10.4 Å². The SMILES string of the molecule is Cc1ccc(C#N)cc1Nc1ccc(C(=O)O)c(C)n1. The Morgan fingerprint density at radius 1 is 1.30 bits per heavy atom. The average molecular weight is 267 g/mol. The molecule has 20 heavy (non-hydrogen) atoms. The second-order valence-corrected chi connectivity index (χ2v) is 4.40. The van der Waals surface area contributed by atoms with Gasteiger partial charge in [0.2, 0.25) is 0 Å². The number of hydrogen-bond acceptors (Lipinski definition) is 4. The molecule has 0 saturated carbocycles. The first-order valence-electron chi connectivity index (χ1n) is 6.00. The van der Waals surface area contributed by atoms with Gasteiger partial charge in [0.15, 0.2) is 0 Å². The van der Waals surface area contributed by atoms with Gasteiger partial charge in [0.05, 0.1) is 22.9 Å². The quantitative estimate of drug-likeness (QED) is 0.892. The number of nitriles is 1. The van der Waals surface area contributed by atoms with Crippen LogP contribution in [0.15, 0.2) is 30.3 Å². The largest absolute Gasteiger partial charge is 0.478 e. The lowest BCUT2D eigenvalue weighted by Crippen LogP contribution is -2.04. The van der Waals surface area contributed by atoms with Crippen LogP contribution >= 0.6 is 0 Å².